The van der Waals surface area contributed by atoms with Crippen LogP contribution in [0.25, 0.3) is 0 Å². The highest BCUT2D eigenvalue weighted by molar-refractivity contribution is 5.80. The van der Waals surface area contributed by atoms with E-state index in [9.17, 15) is 0 Å². The van der Waals surface area contributed by atoms with Gasteiger partial charge in [0.25, 0.3) is 0 Å². The lowest BCUT2D eigenvalue weighted by atomic mass is 10.0. The highest BCUT2D eigenvalue weighted by Crippen LogP contribution is 2.35. The van der Waals surface area contributed by atoms with Crippen molar-refractivity contribution >= 4 is 5.96 Å². The van der Waals surface area contributed by atoms with Crippen molar-refractivity contribution in [1.29, 1.82) is 0 Å². The molecule has 0 fully saturated rings. The van der Waals surface area contributed by atoms with Crippen molar-refractivity contribution in [2.24, 2.45) is 16.6 Å². The second-order valence-electron chi connectivity index (χ2n) is 5.37. The van der Waals surface area contributed by atoms with Crippen molar-refractivity contribution in [1.82, 2.24) is 4.90 Å². The zero-order chi connectivity index (χ0) is 14.7. The Hall–Kier alpha value is -1.91. The maximum atomic E-state index is 6.01. The van der Waals surface area contributed by atoms with Gasteiger partial charge in [-0.25, -0.2) is 0 Å². The minimum Gasteiger partial charge on any atom is -0.497 e. The molecule has 1 aromatic rings. The zero-order valence-corrected chi connectivity index (χ0v) is 12.6. The molecular formula is C15H23N3O2. The largest absolute Gasteiger partial charge is 0.497 e. The quantitative estimate of drug-likeness (QED) is 0.894. The van der Waals surface area contributed by atoms with Crippen molar-refractivity contribution in [3.05, 3.63) is 23.8 Å². The molecule has 1 atom stereocenters. The van der Waals surface area contributed by atoms with Crippen molar-refractivity contribution < 1.29 is 9.47 Å². The third-order valence-electron chi connectivity index (χ3n) is 3.46. The Morgan fingerprint density at radius 1 is 1.35 bits per heavy atom. The molecule has 1 heterocycles. The van der Waals surface area contributed by atoms with Gasteiger partial charge in [0.2, 0.25) is 0 Å². The number of ether oxygens (including phenoxy) is 2. The van der Waals surface area contributed by atoms with Gasteiger partial charge >= 0.3 is 0 Å². The summed E-state index contributed by atoms with van der Waals surface area (Å²) in [7, 11) is 3.32. The third-order valence-corrected chi connectivity index (χ3v) is 3.46. The fourth-order valence-electron chi connectivity index (χ4n) is 2.50. The number of hydrogen-bond donors (Lipinski definition) is 1. The summed E-state index contributed by atoms with van der Waals surface area (Å²) >= 11 is 0. The lowest BCUT2D eigenvalue weighted by Crippen LogP contribution is -2.38. The molecule has 0 spiro atoms. The van der Waals surface area contributed by atoms with Crippen LogP contribution >= 0.6 is 0 Å². The van der Waals surface area contributed by atoms with E-state index >= 15 is 0 Å². The molecule has 20 heavy (non-hydrogen) atoms. The van der Waals surface area contributed by atoms with E-state index in [1.807, 2.05) is 18.2 Å². The molecule has 1 aromatic carbocycles. The number of methoxy groups -OCH3 is 2. The molecule has 0 saturated carbocycles. The Morgan fingerprint density at radius 3 is 2.70 bits per heavy atom. The van der Waals surface area contributed by atoms with Gasteiger partial charge in [0.15, 0.2) is 5.96 Å². The van der Waals surface area contributed by atoms with Crippen LogP contribution in [-0.4, -0.2) is 38.2 Å². The molecule has 1 unspecified atom stereocenters. The average Bonchev–Trinajstić information content (AvgIpc) is 2.79. The van der Waals surface area contributed by atoms with Gasteiger partial charge in [0, 0.05) is 18.2 Å². The molecule has 5 heteroatoms. The van der Waals surface area contributed by atoms with Crippen molar-refractivity contribution in [3.63, 3.8) is 0 Å². The molecule has 0 saturated heterocycles. The first-order valence-corrected chi connectivity index (χ1v) is 6.85. The second-order valence-corrected chi connectivity index (χ2v) is 5.37. The zero-order valence-electron chi connectivity index (χ0n) is 12.6. The number of nitrogens with two attached hydrogens (primary N) is 1. The SMILES string of the molecule is COc1ccc(C2CN=C(N)N2CC(C)C)c(OC)c1. The monoisotopic (exact) mass is 277 g/mol. The first kappa shape index (κ1) is 14.5. The summed E-state index contributed by atoms with van der Waals surface area (Å²) in [5.41, 5.74) is 7.11. The molecule has 1 aliphatic rings. The van der Waals surface area contributed by atoms with E-state index in [-0.39, 0.29) is 6.04 Å². The van der Waals surface area contributed by atoms with Gasteiger partial charge in [0.05, 0.1) is 26.8 Å². The fraction of sp³-hybridized carbons (Fsp3) is 0.533. The van der Waals surface area contributed by atoms with Crippen LogP contribution in [0.5, 0.6) is 11.5 Å². The van der Waals surface area contributed by atoms with E-state index in [4.69, 9.17) is 15.2 Å². The normalized spacial score (nSPS) is 18.4. The Bertz CT molecular complexity index is 500. The average molecular weight is 277 g/mol. The van der Waals surface area contributed by atoms with E-state index in [2.05, 4.69) is 23.7 Å². The predicted molar refractivity (Wildman–Crippen MR) is 80.3 cm³/mol. The third kappa shape index (κ3) is 2.81. The number of guanidine groups is 1. The van der Waals surface area contributed by atoms with E-state index in [0.29, 0.717) is 18.4 Å². The maximum Gasteiger partial charge on any atom is 0.191 e. The summed E-state index contributed by atoms with van der Waals surface area (Å²) in [6.45, 7) is 5.90. The highest BCUT2D eigenvalue weighted by Gasteiger charge is 2.30. The molecule has 110 valence electrons. The van der Waals surface area contributed by atoms with Gasteiger partial charge in [-0.15, -0.1) is 0 Å². The topological polar surface area (TPSA) is 60.1 Å². The highest BCUT2D eigenvalue weighted by atomic mass is 16.5. The van der Waals surface area contributed by atoms with Crippen molar-refractivity contribution in [3.8, 4) is 11.5 Å². The first-order chi connectivity index (χ1) is 9.56. The number of benzene rings is 1. The van der Waals surface area contributed by atoms with Gasteiger partial charge in [0.1, 0.15) is 11.5 Å². The number of aliphatic imine (C=N–C) groups is 1. The molecule has 2 N–H and O–H groups in total. The lowest BCUT2D eigenvalue weighted by Gasteiger charge is -2.29. The van der Waals surface area contributed by atoms with Crippen LogP contribution in [0.3, 0.4) is 0 Å². The Morgan fingerprint density at radius 2 is 2.10 bits per heavy atom. The molecule has 5 nitrogen and oxygen atoms in total. The predicted octanol–water partition coefficient (Wildman–Crippen LogP) is 2.03. The van der Waals surface area contributed by atoms with Crippen molar-refractivity contribution in [2.45, 2.75) is 19.9 Å². The first-order valence-electron chi connectivity index (χ1n) is 6.85. The number of hydrogen-bond acceptors (Lipinski definition) is 5. The molecule has 2 rings (SSSR count). The van der Waals surface area contributed by atoms with Crippen LogP contribution < -0.4 is 15.2 Å². The maximum absolute atomic E-state index is 6.01. The summed E-state index contributed by atoms with van der Waals surface area (Å²) < 4.78 is 10.7. The Labute approximate surface area is 120 Å². The van der Waals surface area contributed by atoms with Crippen LogP contribution in [0.4, 0.5) is 0 Å². The summed E-state index contributed by atoms with van der Waals surface area (Å²) in [6, 6.07) is 6.01. The fourth-order valence-corrected chi connectivity index (χ4v) is 2.50. The van der Waals surface area contributed by atoms with Gasteiger partial charge in [-0.3, -0.25) is 4.99 Å². The minimum absolute atomic E-state index is 0.137. The van der Waals surface area contributed by atoms with Crippen LogP contribution in [-0.2, 0) is 0 Å². The van der Waals surface area contributed by atoms with E-state index in [0.717, 1.165) is 23.6 Å². The van der Waals surface area contributed by atoms with Crippen LogP contribution in [0, 0.1) is 5.92 Å². The summed E-state index contributed by atoms with van der Waals surface area (Å²) in [4.78, 5) is 6.53. The Kier molecular flexibility index (Phi) is 4.37. The van der Waals surface area contributed by atoms with Crippen LogP contribution in [0.15, 0.2) is 23.2 Å². The van der Waals surface area contributed by atoms with Crippen LogP contribution in [0.2, 0.25) is 0 Å². The van der Waals surface area contributed by atoms with E-state index in [1.165, 1.54) is 0 Å². The minimum atomic E-state index is 0.137. The molecule has 0 amide bonds. The summed E-state index contributed by atoms with van der Waals surface area (Å²) in [5.74, 6) is 2.73. The molecule has 0 aliphatic carbocycles. The summed E-state index contributed by atoms with van der Waals surface area (Å²) in [6.07, 6.45) is 0. The molecule has 0 aromatic heterocycles. The lowest BCUT2D eigenvalue weighted by molar-refractivity contribution is 0.299. The number of nitrogens with zero attached hydrogens (tertiary/aromatic N) is 2. The molecule has 1 aliphatic heterocycles. The van der Waals surface area contributed by atoms with Gasteiger partial charge in [-0.05, 0) is 18.1 Å². The molecular weight excluding hydrogens is 254 g/mol. The Balaban J connectivity index is 2.30. The van der Waals surface area contributed by atoms with E-state index < -0.39 is 0 Å². The standard InChI is InChI=1S/C15H23N3O2/c1-10(2)9-18-13(8-17-15(18)16)12-6-5-11(19-3)7-14(12)20-4/h5-7,10,13H,8-9H2,1-4H3,(H2,16,17). The van der Waals surface area contributed by atoms with Gasteiger partial charge in [-0.1, -0.05) is 13.8 Å². The smallest absolute Gasteiger partial charge is 0.191 e. The molecule has 0 radical (unpaired) electrons. The number of rotatable bonds is 5. The van der Waals surface area contributed by atoms with Crippen molar-refractivity contribution in [2.75, 3.05) is 27.3 Å². The van der Waals surface area contributed by atoms with Crippen LogP contribution in [0.1, 0.15) is 25.5 Å². The van der Waals surface area contributed by atoms with Gasteiger partial charge < -0.3 is 20.1 Å². The summed E-state index contributed by atoms with van der Waals surface area (Å²) in [5, 5.41) is 0. The molecule has 0 bridgehead atoms. The second kappa shape index (κ2) is 6.03. The van der Waals surface area contributed by atoms with E-state index in [1.54, 1.807) is 14.2 Å². The van der Waals surface area contributed by atoms with Gasteiger partial charge in [-0.2, -0.15) is 0 Å².